The van der Waals surface area contributed by atoms with Crippen LogP contribution in [-0.2, 0) is 17.9 Å². The van der Waals surface area contributed by atoms with Crippen molar-refractivity contribution in [1.82, 2.24) is 20.1 Å². The van der Waals surface area contributed by atoms with Crippen molar-refractivity contribution in [3.8, 4) is 0 Å². The molecular weight excluding hydrogens is 336 g/mol. The van der Waals surface area contributed by atoms with Gasteiger partial charge in [0.15, 0.2) is 0 Å². The number of pyridine rings is 1. The van der Waals surface area contributed by atoms with Gasteiger partial charge in [0.25, 0.3) is 0 Å². The molecule has 1 aromatic heterocycles. The molecule has 0 aliphatic carbocycles. The van der Waals surface area contributed by atoms with Crippen LogP contribution in [-0.4, -0.2) is 52.4 Å². The second-order valence-electron chi connectivity index (χ2n) is 7.74. The van der Waals surface area contributed by atoms with Crippen LogP contribution in [0, 0.1) is 6.92 Å². The third-order valence-corrected chi connectivity index (χ3v) is 5.93. The molecule has 1 N–H and O–H groups in total. The number of carbonyl (C=O) groups is 1. The molecule has 1 spiro atoms. The van der Waals surface area contributed by atoms with Crippen molar-refractivity contribution in [3.05, 3.63) is 65.5 Å². The van der Waals surface area contributed by atoms with Crippen LogP contribution in [0.25, 0.3) is 0 Å². The summed E-state index contributed by atoms with van der Waals surface area (Å²) >= 11 is 0. The first-order chi connectivity index (χ1) is 13.2. The maximum absolute atomic E-state index is 12.9. The molecule has 0 bridgehead atoms. The summed E-state index contributed by atoms with van der Waals surface area (Å²) in [6, 6.07) is 16.7. The minimum atomic E-state index is -0.370. The lowest BCUT2D eigenvalue weighted by molar-refractivity contribution is -0.142. The molecule has 2 aliphatic rings. The number of likely N-dealkylation sites (tertiary alicyclic amines) is 1. The smallest absolute Gasteiger partial charge is 0.240 e. The zero-order valence-corrected chi connectivity index (χ0v) is 16.0. The Balaban J connectivity index is 1.45. The maximum atomic E-state index is 12.9. The highest BCUT2D eigenvalue weighted by Gasteiger charge is 2.47. The fourth-order valence-electron chi connectivity index (χ4n) is 4.40. The van der Waals surface area contributed by atoms with E-state index in [4.69, 9.17) is 0 Å². The Bertz CT molecular complexity index is 784. The van der Waals surface area contributed by atoms with Crippen molar-refractivity contribution in [2.75, 3.05) is 26.2 Å². The third kappa shape index (κ3) is 3.89. The molecule has 1 amide bonds. The van der Waals surface area contributed by atoms with E-state index < -0.39 is 0 Å². The number of piperidine rings is 1. The Kier molecular flexibility index (Phi) is 5.23. The molecule has 3 heterocycles. The highest BCUT2D eigenvalue weighted by atomic mass is 16.2. The van der Waals surface area contributed by atoms with E-state index in [0.717, 1.165) is 63.5 Å². The van der Waals surface area contributed by atoms with Crippen molar-refractivity contribution in [2.45, 2.75) is 38.4 Å². The Morgan fingerprint density at radius 2 is 1.78 bits per heavy atom. The number of aryl methyl sites for hydroxylation is 1. The molecule has 2 fully saturated rings. The van der Waals surface area contributed by atoms with Crippen LogP contribution in [0.3, 0.4) is 0 Å². The van der Waals surface area contributed by atoms with Gasteiger partial charge >= 0.3 is 0 Å². The van der Waals surface area contributed by atoms with Gasteiger partial charge in [0, 0.05) is 45.0 Å². The number of piperazine rings is 1. The molecule has 2 saturated heterocycles. The number of carbonyl (C=O) groups excluding carboxylic acids is 1. The molecule has 2 aliphatic heterocycles. The number of nitrogens with zero attached hydrogens (tertiary/aromatic N) is 3. The largest absolute Gasteiger partial charge is 0.353 e. The van der Waals surface area contributed by atoms with Crippen molar-refractivity contribution >= 4 is 5.91 Å². The zero-order chi connectivity index (χ0) is 18.7. The summed E-state index contributed by atoms with van der Waals surface area (Å²) < 4.78 is 0. The number of hydrogen-bond acceptors (Lipinski definition) is 4. The van der Waals surface area contributed by atoms with Crippen LogP contribution in [0.1, 0.15) is 29.8 Å². The van der Waals surface area contributed by atoms with Gasteiger partial charge in [-0.2, -0.15) is 0 Å². The van der Waals surface area contributed by atoms with Gasteiger partial charge in [-0.15, -0.1) is 0 Å². The number of nitrogens with one attached hydrogen (secondary N) is 1. The van der Waals surface area contributed by atoms with Gasteiger partial charge in [-0.25, -0.2) is 0 Å². The average Bonchev–Trinajstić information content (AvgIpc) is 2.68. The lowest BCUT2D eigenvalue weighted by Gasteiger charge is -2.50. The first-order valence-corrected chi connectivity index (χ1v) is 9.88. The lowest BCUT2D eigenvalue weighted by Crippen LogP contribution is -2.67. The molecule has 0 saturated carbocycles. The Hall–Kier alpha value is -2.24. The van der Waals surface area contributed by atoms with Crippen LogP contribution in [0.2, 0.25) is 0 Å². The molecule has 1 aromatic carbocycles. The minimum Gasteiger partial charge on any atom is -0.353 e. The quantitative estimate of drug-likeness (QED) is 0.905. The monoisotopic (exact) mass is 364 g/mol. The first kappa shape index (κ1) is 18.1. The SMILES string of the molecule is Cc1cccc(CN2CCC3(CC2)C(=O)NCCN3Cc2ccccc2)n1. The molecule has 142 valence electrons. The van der Waals surface area contributed by atoms with Crippen LogP contribution < -0.4 is 5.32 Å². The van der Waals surface area contributed by atoms with E-state index in [1.54, 1.807) is 0 Å². The molecule has 2 aromatic rings. The number of aromatic nitrogens is 1. The summed E-state index contributed by atoms with van der Waals surface area (Å²) in [6.45, 7) is 7.24. The van der Waals surface area contributed by atoms with Crippen LogP contribution in [0.15, 0.2) is 48.5 Å². The summed E-state index contributed by atoms with van der Waals surface area (Å²) in [6.07, 6.45) is 1.75. The van der Waals surface area contributed by atoms with Gasteiger partial charge in [-0.1, -0.05) is 36.4 Å². The van der Waals surface area contributed by atoms with Gasteiger partial charge in [0.05, 0.1) is 5.69 Å². The molecule has 5 heteroatoms. The van der Waals surface area contributed by atoms with E-state index in [9.17, 15) is 4.79 Å². The van der Waals surface area contributed by atoms with E-state index in [1.807, 2.05) is 19.1 Å². The Morgan fingerprint density at radius 1 is 1.00 bits per heavy atom. The van der Waals surface area contributed by atoms with Crippen molar-refractivity contribution < 1.29 is 4.79 Å². The predicted octanol–water partition coefficient (Wildman–Crippen LogP) is 2.36. The normalized spacial score (nSPS) is 20.6. The molecule has 0 unspecified atom stereocenters. The molecular formula is C22H28N4O. The van der Waals surface area contributed by atoms with Crippen LogP contribution in [0.4, 0.5) is 0 Å². The fourth-order valence-corrected chi connectivity index (χ4v) is 4.40. The van der Waals surface area contributed by atoms with Gasteiger partial charge in [-0.3, -0.25) is 19.6 Å². The van der Waals surface area contributed by atoms with Crippen molar-refractivity contribution in [2.24, 2.45) is 0 Å². The van der Waals surface area contributed by atoms with E-state index in [2.05, 4.69) is 56.5 Å². The van der Waals surface area contributed by atoms with E-state index in [-0.39, 0.29) is 11.4 Å². The van der Waals surface area contributed by atoms with E-state index in [0.29, 0.717) is 0 Å². The summed E-state index contributed by atoms with van der Waals surface area (Å²) in [5, 5.41) is 3.12. The standard InChI is InChI=1S/C22H28N4O/c1-18-6-5-9-20(24-18)17-25-13-10-22(11-14-25)21(27)23-12-15-26(22)16-19-7-3-2-4-8-19/h2-9H,10-17H2,1H3,(H,23,27). The van der Waals surface area contributed by atoms with Crippen LogP contribution >= 0.6 is 0 Å². The number of rotatable bonds is 4. The molecule has 0 radical (unpaired) electrons. The average molecular weight is 364 g/mol. The van der Waals surface area contributed by atoms with Gasteiger partial charge in [0.2, 0.25) is 5.91 Å². The minimum absolute atomic E-state index is 0.206. The second-order valence-corrected chi connectivity index (χ2v) is 7.74. The Morgan fingerprint density at radius 3 is 2.52 bits per heavy atom. The fraction of sp³-hybridized carbons (Fsp3) is 0.455. The first-order valence-electron chi connectivity index (χ1n) is 9.88. The van der Waals surface area contributed by atoms with Crippen LogP contribution in [0.5, 0.6) is 0 Å². The second kappa shape index (κ2) is 7.79. The Labute approximate surface area is 161 Å². The summed E-state index contributed by atoms with van der Waals surface area (Å²) in [5.41, 5.74) is 3.07. The van der Waals surface area contributed by atoms with Gasteiger partial charge in [0.1, 0.15) is 5.54 Å². The summed E-state index contributed by atoms with van der Waals surface area (Å²) in [7, 11) is 0. The highest BCUT2D eigenvalue weighted by molar-refractivity contribution is 5.87. The molecule has 4 rings (SSSR count). The van der Waals surface area contributed by atoms with Gasteiger partial charge < -0.3 is 5.32 Å². The molecule has 5 nitrogen and oxygen atoms in total. The highest BCUT2D eigenvalue weighted by Crippen LogP contribution is 2.33. The summed E-state index contributed by atoms with van der Waals surface area (Å²) in [4.78, 5) is 22.4. The third-order valence-electron chi connectivity index (χ3n) is 5.93. The van der Waals surface area contributed by atoms with Crippen molar-refractivity contribution in [3.63, 3.8) is 0 Å². The summed E-state index contributed by atoms with van der Waals surface area (Å²) in [5.74, 6) is 0.206. The van der Waals surface area contributed by atoms with E-state index in [1.165, 1.54) is 5.56 Å². The number of hydrogen-bond donors (Lipinski definition) is 1. The predicted molar refractivity (Wildman–Crippen MR) is 106 cm³/mol. The maximum Gasteiger partial charge on any atom is 0.240 e. The van der Waals surface area contributed by atoms with E-state index >= 15 is 0 Å². The topological polar surface area (TPSA) is 48.5 Å². The van der Waals surface area contributed by atoms with Crippen molar-refractivity contribution in [1.29, 1.82) is 0 Å². The van der Waals surface area contributed by atoms with Gasteiger partial charge in [-0.05, 0) is 37.5 Å². The zero-order valence-electron chi connectivity index (χ0n) is 16.0. The lowest BCUT2D eigenvalue weighted by atomic mass is 9.82. The molecule has 0 atom stereocenters. The number of benzene rings is 1. The number of amides is 1. The molecule has 27 heavy (non-hydrogen) atoms.